The minimum absolute atomic E-state index is 0.0344. The summed E-state index contributed by atoms with van der Waals surface area (Å²) in [6, 6.07) is 14.0. The lowest BCUT2D eigenvalue weighted by molar-refractivity contribution is -0.155. The number of hydrogen-bond acceptors (Lipinski definition) is 10. The molecule has 5 aromatic rings. The van der Waals surface area contributed by atoms with Crippen LogP contribution in [-0.2, 0) is 22.2 Å². The van der Waals surface area contributed by atoms with Crippen molar-refractivity contribution in [2.75, 3.05) is 57.4 Å². The highest BCUT2D eigenvalue weighted by atomic mass is 35.5. The third-order valence-corrected chi connectivity index (χ3v) is 17.8. The number of nitrogens with two attached hydrogens (primary N) is 1. The second-order valence-electron chi connectivity index (χ2n) is 21.8. The van der Waals surface area contributed by atoms with Crippen LogP contribution in [0.5, 0.6) is 11.5 Å². The van der Waals surface area contributed by atoms with E-state index < -0.39 is 64.3 Å². The topological polar surface area (TPSA) is 185 Å². The summed E-state index contributed by atoms with van der Waals surface area (Å²) in [6.45, 7) is 4.58. The summed E-state index contributed by atoms with van der Waals surface area (Å²) in [7, 11) is 1.56. The van der Waals surface area contributed by atoms with Crippen molar-refractivity contribution in [1.29, 1.82) is 0 Å². The molecule has 1 aromatic heterocycles. The lowest BCUT2D eigenvalue weighted by Crippen LogP contribution is -2.63. The van der Waals surface area contributed by atoms with Crippen molar-refractivity contribution < 1.29 is 51.3 Å². The number of nitrogens with one attached hydrogen (secondary N) is 2. The van der Waals surface area contributed by atoms with E-state index in [1.54, 1.807) is 7.05 Å². The summed E-state index contributed by atoms with van der Waals surface area (Å²) in [5.74, 6) is -5.39. The van der Waals surface area contributed by atoms with Gasteiger partial charge in [0.25, 0.3) is 0 Å². The van der Waals surface area contributed by atoms with Gasteiger partial charge < -0.3 is 35.4 Å². The Morgan fingerprint density at radius 2 is 1.67 bits per heavy atom. The summed E-state index contributed by atoms with van der Waals surface area (Å²) in [5.41, 5.74) is 5.46. The Hall–Kier alpha value is -6.28. The van der Waals surface area contributed by atoms with E-state index >= 15 is 17.6 Å². The molecular formula is C56H61ClF4N8O7. The quantitative estimate of drug-likeness (QED) is 0.0792. The number of hydrogen-bond donors (Lipinski definition) is 4. The number of halogens is 5. The number of aromatic nitrogens is 2. The number of rotatable bonds is 14. The van der Waals surface area contributed by atoms with Crippen LogP contribution >= 0.6 is 11.6 Å². The molecule has 5 amide bonds. The number of aliphatic hydroxyl groups excluding tert-OH is 1. The molecule has 0 radical (unpaired) electrons. The number of primary amides is 1. The van der Waals surface area contributed by atoms with E-state index in [2.05, 4.69) is 25.5 Å². The van der Waals surface area contributed by atoms with Crippen LogP contribution in [0.2, 0.25) is 5.02 Å². The number of carbonyl (C=O) groups is 4. The summed E-state index contributed by atoms with van der Waals surface area (Å²) in [5, 5.41) is 19.5. The monoisotopic (exact) mass is 1070 g/mol. The molecule has 5 N–H and O–H groups in total. The second kappa shape index (κ2) is 20.3. The zero-order valence-corrected chi connectivity index (χ0v) is 43.2. The first-order chi connectivity index (χ1) is 36.5. The number of benzene rings is 4. The molecule has 2 saturated carbocycles. The van der Waals surface area contributed by atoms with Gasteiger partial charge in [-0.3, -0.25) is 29.3 Å². The molecule has 2 bridgehead atoms. The van der Waals surface area contributed by atoms with Crippen molar-refractivity contribution in [3.05, 3.63) is 105 Å². The van der Waals surface area contributed by atoms with Crippen LogP contribution in [0, 0.1) is 34.6 Å². The molecule has 12 rings (SSSR count). The SMILES string of the molecule is C[C@H]1c2c(cc(F)c(Cl)c2-c2c(C(N)=O)ccc(OCCO)c2F)O[C@]1(CNC1CCC(C(=O)N2CCC3(CN4CCC(c5c(F)cc6c(N7CCC(=O)NC7=O)nn(C)c6c5F)CC4)CC2C3)CC1)c1ccccc1. The first-order valence-electron chi connectivity index (χ1n) is 26.4. The molecule has 6 heterocycles. The van der Waals surface area contributed by atoms with Gasteiger partial charge in [0, 0.05) is 91.9 Å². The first-order valence-corrected chi connectivity index (χ1v) is 26.7. The van der Waals surface area contributed by atoms with Gasteiger partial charge in [-0.25, -0.2) is 22.4 Å². The van der Waals surface area contributed by atoms with Crippen molar-refractivity contribution in [2.45, 2.75) is 101 Å². The van der Waals surface area contributed by atoms with Crippen molar-refractivity contribution in [3.63, 3.8) is 0 Å². The predicted molar refractivity (Wildman–Crippen MR) is 275 cm³/mol. The molecule has 7 aliphatic rings. The molecule has 2 atom stereocenters. The molecule has 76 heavy (non-hydrogen) atoms. The zero-order valence-electron chi connectivity index (χ0n) is 42.4. The van der Waals surface area contributed by atoms with Gasteiger partial charge in [0.05, 0.1) is 22.6 Å². The zero-order chi connectivity index (χ0) is 53.4. The normalized spacial score (nSPS) is 25.8. The number of anilines is 1. The number of likely N-dealkylation sites (tertiary alicyclic amines) is 1. The number of imide groups is 1. The average Bonchev–Trinajstić information content (AvgIpc) is 3.89. The van der Waals surface area contributed by atoms with E-state index in [9.17, 15) is 24.3 Å². The number of nitrogens with zero attached hydrogens (tertiary/aromatic N) is 5. The number of urea groups is 1. The molecule has 4 aromatic carbocycles. The van der Waals surface area contributed by atoms with Crippen molar-refractivity contribution in [1.82, 2.24) is 30.2 Å². The minimum atomic E-state index is -1.13. The fraction of sp³-hybridized carbons (Fsp3) is 0.482. The Morgan fingerprint density at radius 1 is 0.934 bits per heavy atom. The van der Waals surface area contributed by atoms with Gasteiger partial charge in [0.1, 0.15) is 29.5 Å². The van der Waals surface area contributed by atoms with Gasteiger partial charge in [-0.1, -0.05) is 48.9 Å². The lowest BCUT2D eigenvalue weighted by Gasteiger charge is -2.59. The predicted octanol–water partition coefficient (Wildman–Crippen LogP) is 8.17. The fourth-order valence-electron chi connectivity index (χ4n) is 13.5. The van der Waals surface area contributed by atoms with E-state index in [4.69, 9.17) is 26.8 Å². The van der Waals surface area contributed by atoms with Crippen LogP contribution in [0.25, 0.3) is 22.0 Å². The Labute approximate surface area is 442 Å². The first kappa shape index (κ1) is 51.8. The summed E-state index contributed by atoms with van der Waals surface area (Å²) in [6.07, 6.45) is 6.89. The molecular weight excluding hydrogens is 1010 g/mol. The van der Waals surface area contributed by atoms with Crippen LogP contribution in [-0.4, -0.2) is 113 Å². The number of ether oxygens (including phenoxy) is 2. The third kappa shape index (κ3) is 8.93. The Morgan fingerprint density at radius 3 is 2.34 bits per heavy atom. The van der Waals surface area contributed by atoms with Crippen molar-refractivity contribution in [2.24, 2.45) is 24.1 Å². The van der Waals surface area contributed by atoms with Crippen molar-refractivity contribution in [3.8, 4) is 22.6 Å². The maximum atomic E-state index is 16.5. The Bertz CT molecular complexity index is 3130. The molecule has 4 saturated heterocycles. The van der Waals surface area contributed by atoms with E-state index in [1.165, 1.54) is 33.8 Å². The summed E-state index contributed by atoms with van der Waals surface area (Å²) >= 11 is 6.73. The average molecular weight is 1070 g/mol. The molecule has 0 unspecified atom stereocenters. The van der Waals surface area contributed by atoms with Crippen molar-refractivity contribution >= 4 is 52.1 Å². The van der Waals surface area contributed by atoms with Crippen LogP contribution in [0.15, 0.2) is 54.6 Å². The molecule has 20 heteroatoms. The van der Waals surface area contributed by atoms with Crippen LogP contribution in [0.4, 0.5) is 28.2 Å². The maximum Gasteiger partial charge on any atom is 0.329 e. The third-order valence-electron chi connectivity index (χ3n) is 17.5. The Kier molecular flexibility index (Phi) is 13.8. The smallest absolute Gasteiger partial charge is 0.329 e. The number of fused-ring (bicyclic) bond motifs is 4. The highest BCUT2D eigenvalue weighted by molar-refractivity contribution is 6.34. The number of aryl methyl sites for hydroxylation is 1. The molecule has 15 nitrogen and oxygen atoms in total. The highest BCUT2D eigenvalue weighted by Crippen LogP contribution is 2.57. The highest BCUT2D eigenvalue weighted by Gasteiger charge is 2.54. The number of amides is 5. The van der Waals surface area contributed by atoms with E-state index in [1.807, 2.05) is 37.3 Å². The largest absolute Gasteiger partial charge is 0.488 e. The molecule has 0 spiro atoms. The number of aliphatic hydroxyl groups is 1. The summed E-state index contributed by atoms with van der Waals surface area (Å²) < 4.78 is 78.2. The number of carbonyl (C=O) groups excluding carboxylic acids is 4. The molecule has 2 aliphatic carbocycles. The molecule has 5 aliphatic heterocycles. The van der Waals surface area contributed by atoms with Crippen LogP contribution in [0.1, 0.15) is 110 Å². The molecule has 402 valence electrons. The minimum Gasteiger partial charge on any atom is -0.488 e. The van der Waals surface area contributed by atoms with Crippen LogP contribution < -0.4 is 30.7 Å². The summed E-state index contributed by atoms with van der Waals surface area (Å²) in [4.78, 5) is 57.1. The fourth-order valence-corrected chi connectivity index (χ4v) is 13.8. The van der Waals surface area contributed by atoms with Gasteiger partial charge in [-0.15, -0.1) is 0 Å². The van der Waals surface area contributed by atoms with Gasteiger partial charge in [0.2, 0.25) is 17.7 Å². The van der Waals surface area contributed by atoms with Gasteiger partial charge in [-0.05, 0) is 106 Å². The molecule has 6 fully saturated rings. The van der Waals surface area contributed by atoms with Gasteiger partial charge in [0.15, 0.2) is 28.8 Å². The van der Waals surface area contributed by atoms with Gasteiger partial charge >= 0.3 is 6.03 Å². The number of piperidine rings is 3. The lowest BCUT2D eigenvalue weighted by atomic mass is 9.59. The maximum absolute atomic E-state index is 16.5. The van der Waals surface area contributed by atoms with E-state index in [0.717, 1.165) is 44.2 Å². The van der Waals surface area contributed by atoms with E-state index in [-0.39, 0.29) is 112 Å². The van der Waals surface area contributed by atoms with Gasteiger partial charge in [-0.2, -0.15) is 5.10 Å². The second-order valence-corrected chi connectivity index (χ2v) is 22.2. The van der Waals surface area contributed by atoms with Crippen LogP contribution in [0.3, 0.4) is 0 Å². The Balaban J connectivity index is 0.706. The van der Waals surface area contributed by atoms with E-state index in [0.29, 0.717) is 50.9 Å². The standard InChI is InChI=1S/C56H61ClF4N8O7/c1-30-43-41(25-39(59)47(57)46(43)45-36(51(62)72)12-13-40(48(45)60)75-23-22-70)76-56(30,33-6-4-3-5-7-33)28-63-34-10-8-32(9-11-34)53(73)68-21-17-55(26-35(68)27-55)29-67-18-14-31(15-19-67)44-38(58)24-37-50(49(44)61)66(2)65-52(37)69-20-16-42(71)64-54(69)74/h3-7,12-13,24-25,30-32,34-35,63,70H,8-11,14-23,26-29H2,1-2H3,(H2,62,72)(H,64,71,74)/t30-,32?,34?,35?,55?,56-/m0/s1.